The minimum Gasteiger partial charge on any atom is -0.497 e. The van der Waals surface area contributed by atoms with Gasteiger partial charge in [0.2, 0.25) is 0 Å². The van der Waals surface area contributed by atoms with E-state index in [0.717, 1.165) is 44.1 Å². The van der Waals surface area contributed by atoms with Crippen molar-refractivity contribution in [2.24, 2.45) is 17.8 Å². The van der Waals surface area contributed by atoms with Gasteiger partial charge < -0.3 is 19.3 Å². The molecule has 1 saturated heterocycles. The standard InChI is InChI=1S/C33H44N2O4/c1-23(2)20-35(32(37)26-9-6-5-7-10-26)28-18-31(39-24(3)36)30-22-34(21-25-13-14-25)16-15-33(30,19-28)27-11-8-12-29(17-27)38-4/h5-12,17,23,25,28,30-31H,13-16,18-22H2,1-4H3/t28-,30-,31?,33-/m0/s1. The predicted molar refractivity (Wildman–Crippen MR) is 153 cm³/mol. The van der Waals surface area contributed by atoms with Crippen molar-refractivity contribution in [3.63, 3.8) is 0 Å². The molecule has 0 aromatic heterocycles. The van der Waals surface area contributed by atoms with Crippen LogP contribution in [0.2, 0.25) is 0 Å². The van der Waals surface area contributed by atoms with E-state index in [4.69, 9.17) is 9.47 Å². The van der Waals surface area contributed by atoms with Crippen LogP contribution in [0.15, 0.2) is 54.6 Å². The minimum absolute atomic E-state index is 0.0399. The first kappa shape index (κ1) is 27.7. The number of rotatable bonds is 9. The topological polar surface area (TPSA) is 59.1 Å². The number of fused-ring (bicyclic) bond motifs is 1. The van der Waals surface area contributed by atoms with Crippen molar-refractivity contribution < 1.29 is 19.1 Å². The average Bonchev–Trinajstić information content (AvgIpc) is 3.75. The van der Waals surface area contributed by atoms with Crippen LogP contribution in [0.4, 0.5) is 0 Å². The zero-order valence-corrected chi connectivity index (χ0v) is 24.0. The molecule has 2 aromatic carbocycles. The van der Waals surface area contributed by atoms with Crippen LogP contribution in [-0.2, 0) is 14.9 Å². The second-order valence-electron chi connectivity index (χ2n) is 12.4. The van der Waals surface area contributed by atoms with E-state index in [2.05, 4.69) is 41.8 Å². The lowest BCUT2D eigenvalue weighted by Crippen LogP contribution is -2.62. The zero-order chi connectivity index (χ0) is 27.6. The predicted octanol–water partition coefficient (Wildman–Crippen LogP) is 5.56. The third-order valence-corrected chi connectivity index (χ3v) is 9.05. The molecule has 39 heavy (non-hydrogen) atoms. The van der Waals surface area contributed by atoms with Crippen LogP contribution in [0, 0.1) is 17.8 Å². The van der Waals surface area contributed by atoms with Crippen LogP contribution in [0.25, 0.3) is 0 Å². The van der Waals surface area contributed by atoms with Gasteiger partial charge in [-0.3, -0.25) is 9.59 Å². The van der Waals surface area contributed by atoms with E-state index >= 15 is 0 Å². The molecule has 4 atom stereocenters. The molecule has 0 N–H and O–H groups in total. The van der Waals surface area contributed by atoms with Gasteiger partial charge in [0.05, 0.1) is 7.11 Å². The van der Waals surface area contributed by atoms with Gasteiger partial charge in [-0.2, -0.15) is 0 Å². The highest BCUT2D eigenvalue weighted by Crippen LogP contribution is 2.52. The summed E-state index contributed by atoms with van der Waals surface area (Å²) in [4.78, 5) is 31.1. The summed E-state index contributed by atoms with van der Waals surface area (Å²) in [5.41, 5.74) is 1.72. The maximum absolute atomic E-state index is 14.0. The van der Waals surface area contributed by atoms with Gasteiger partial charge in [0.15, 0.2) is 0 Å². The van der Waals surface area contributed by atoms with Gasteiger partial charge in [0, 0.05) is 55.9 Å². The maximum atomic E-state index is 14.0. The summed E-state index contributed by atoms with van der Waals surface area (Å²) in [6.07, 6.45) is 4.88. The number of hydrogen-bond acceptors (Lipinski definition) is 5. The lowest BCUT2D eigenvalue weighted by molar-refractivity contribution is -0.159. The molecule has 0 radical (unpaired) electrons. The Labute approximate surface area is 233 Å². The number of amides is 1. The van der Waals surface area contributed by atoms with Crippen LogP contribution >= 0.6 is 0 Å². The number of likely N-dealkylation sites (tertiary alicyclic amines) is 1. The van der Waals surface area contributed by atoms with Crippen molar-refractivity contribution in [1.82, 2.24) is 9.80 Å². The third-order valence-electron chi connectivity index (χ3n) is 9.05. The molecule has 2 aliphatic carbocycles. The monoisotopic (exact) mass is 532 g/mol. The minimum atomic E-state index is -0.257. The fourth-order valence-electron chi connectivity index (χ4n) is 7.11. The average molecular weight is 533 g/mol. The van der Waals surface area contributed by atoms with Crippen molar-refractivity contribution >= 4 is 11.9 Å². The van der Waals surface area contributed by atoms with E-state index in [1.54, 1.807) is 7.11 Å². The normalized spacial score (nSPS) is 27.1. The molecular formula is C33H44N2O4. The number of nitrogens with zero attached hydrogens (tertiary/aromatic N) is 2. The number of esters is 1. The second kappa shape index (κ2) is 11.7. The molecule has 0 spiro atoms. The first-order valence-corrected chi connectivity index (χ1v) is 14.7. The summed E-state index contributed by atoms with van der Waals surface area (Å²) < 4.78 is 11.8. The maximum Gasteiger partial charge on any atom is 0.302 e. The van der Waals surface area contributed by atoms with Gasteiger partial charge in [-0.05, 0) is 73.9 Å². The van der Waals surface area contributed by atoms with Crippen molar-refractivity contribution in [3.05, 3.63) is 65.7 Å². The lowest BCUT2D eigenvalue weighted by atomic mass is 9.56. The molecule has 2 aromatic rings. The van der Waals surface area contributed by atoms with Gasteiger partial charge in [-0.1, -0.05) is 44.2 Å². The number of carbonyl (C=O) groups is 2. The fraction of sp³-hybridized carbons (Fsp3) is 0.576. The molecule has 1 amide bonds. The Bertz CT molecular complexity index is 1150. The Morgan fingerprint density at radius 3 is 2.54 bits per heavy atom. The largest absolute Gasteiger partial charge is 0.497 e. The van der Waals surface area contributed by atoms with Crippen molar-refractivity contribution in [2.45, 2.75) is 70.4 Å². The highest BCUT2D eigenvalue weighted by molar-refractivity contribution is 5.94. The van der Waals surface area contributed by atoms with Crippen LogP contribution in [0.3, 0.4) is 0 Å². The Morgan fingerprint density at radius 2 is 1.87 bits per heavy atom. The summed E-state index contributed by atoms with van der Waals surface area (Å²) in [5, 5.41) is 0. The van der Waals surface area contributed by atoms with E-state index in [1.165, 1.54) is 25.3 Å². The highest BCUT2D eigenvalue weighted by atomic mass is 16.5. The van der Waals surface area contributed by atoms with E-state index in [0.29, 0.717) is 24.4 Å². The van der Waals surface area contributed by atoms with Crippen molar-refractivity contribution in [3.8, 4) is 5.75 Å². The van der Waals surface area contributed by atoms with Crippen molar-refractivity contribution in [2.75, 3.05) is 33.3 Å². The van der Waals surface area contributed by atoms with Gasteiger partial charge in [-0.15, -0.1) is 0 Å². The van der Waals surface area contributed by atoms with Crippen LogP contribution in [0.5, 0.6) is 5.75 Å². The number of ether oxygens (including phenoxy) is 2. The van der Waals surface area contributed by atoms with E-state index in [1.807, 2.05) is 36.4 Å². The Morgan fingerprint density at radius 1 is 1.10 bits per heavy atom. The van der Waals surface area contributed by atoms with Crippen LogP contribution < -0.4 is 4.74 Å². The SMILES string of the molecule is COc1cccc([C@@]23CCN(CC4CC4)C[C@H]2C(OC(C)=O)C[C@H](N(CC(C)C)C(=O)c2ccccc2)C3)c1. The smallest absolute Gasteiger partial charge is 0.302 e. The first-order valence-electron chi connectivity index (χ1n) is 14.7. The Hall–Kier alpha value is -2.86. The highest BCUT2D eigenvalue weighted by Gasteiger charge is 2.55. The Balaban J connectivity index is 1.56. The summed E-state index contributed by atoms with van der Waals surface area (Å²) in [5.74, 6) is 1.93. The van der Waals surface area contributed by atoms with E-state index < -0.39 is 0 Å². The Kier molecular flexibility index (Phi) is 8.32. The summed E-state index contributed by atoms with van der Waals surface area (Å²) in [6, 6.07) is 18.0. The quantitative estimate of drug-likeness (QED) is 0.396. The van der Waals surface area contributed by atoms with E-state index in [9.17, 15) is 9.59 Å². The number of piperidine rings is 1. The first-order chi connectivity index (χ1) is 18.8. The molecule has 2 saturated carbocycles. The molecule has 210 valence electrons. The lowest BCUT2D eigenvalue weighted by Gasteiger charge is -2.57. The summed E-state index contributed by atoms with van der Waals surface area (Å²) >= 11 is 0. The number of hydrogen-bond donors (Lipinski definition) is 0. The zero-order valence-electron chi connectivity index (χ0n) is 24.0. The molecule has 1 unspecified atom stereocenters. The van der Waals surface area contributed by atoms with Gasteiger partial charge >= 0.3 is 5.97 Å². The molecular weight excluding hydrogens is 488 g/mol. The molecule has 6 nitrogen and oxygen atoms in total. The molecule has 0 bridgehead atoms. The molecule has 3 aliphatic rings. The van der Waals surface area contributed by atoms with Gasteiger partial charge in [0.1, 0.15) is 11.9 Å². The summed E-state index contributed by atoms with van der Waals surface area (Å²) in [7, 11) is 1.71. The third kappa shape index (κ3) is 6.16. The number of carbonyl (C=O) groups excluding carboxylic acids is 2. The number of benzene rings is 2. The van der Waals surface area contributed by atoms with Crippen LogP contribution in [-0.4, -0.2) is 67.1 Å². The fourth-order valence-corrected chi connectivity index (χ4v) is 7.11. The molecule has 3 fully saturated rings. The molecule has 6 heteroatoms. The van der Waals surface area contributed by atoms with Gasteiger partial charge in [0.25, 0.3) is 5.91 Å². The second-order valence-corrected chi connectivity index (χ2v) is 12.4. The molecule has 1 heterocycles. The van der Waals surface area contributed by atoms with Crippen molar-refractivity contribution in [1.29, 1.82) is 0 Å². The summed E-state index contributed by atoms with van der Waals surface area (Å²) in [6.45, 7) is 9.56. The molecule has 1 aliphatic heterocycles. The van der Waals surface area contributed by atoms with Crippen LogP contribution in [0.1, 0.15) is 68.8 Å². The number of methoxy groups -OCH3 is 1. The molecule has 5 rings (SSSR count). The van der Waals surface area contributed by atoms with Gasteiger partial charge in [-0.25, -0.2) is 0 Å². The van der Waals surface area contributed by atoms with E-state index in [-0.39, 0.29) is 35.4 Å².